The van der Waals surface area contributed by atoms with Gasteiger partial charge >= 0.3 is 0 Å². The molecule has 1 fully saturated rings. The van der Waals surface area contributed by atoms with Crippen molar-refractivity contribution in [3.8, 4) is 0 Å². The molecule has 3 heteroatoms. The van der Waals surface area contributed by atoms with E-state index in [4.69, 9.17) is 0 Å². The summed E-state index contributed by atoms with van der Waals surface area (Å²) in [6.07, 6.45) is 10.8. The van der Waals surface area contributed by atoms with Crippen LogP contribution < -0.4 is 0 Å². The van der Waals surface area contributed by atoms with Crippen LogP contribution in [0.1, 0.15) is 99.3 Å². The second-order valence-electron chi connectivity index (χ2n) is 8.89. The normalized spacial score (nSPS) is 21.1. The van der Waals surface area contributed by atoms with Crippen molar-refractivity contribution in [2.24, 2.45) is 0 Å². The molecule has 24 heavy (non-hydrogen) atoms. The summed E-state index contributed by atoms with van der Waals surface area (Å²) in [7, 11) is 0. The van der Waals surface area contributed by atoms with Gasteiger partial charge in [0.1, 0.15) is 0 Å². The predicted octanol–water partition coefficient (Wildman–Crippen LogP) is 5.24. The van der Waals surface area contributed by atoms with E-state index in [9.17, 15) is 4.79 Å². The van der Waals surface area contributed by atoms with Gasteiger partial charge in [-0.25, -0.2) is 0 Å². The van der Waals surface area contributed by atoms with Crippen LogP contribution in [0.3, 0.4) is 0 Å². The summed E-state index contributed by atoms with van der Waals surface area (Å²) in [5, 5.41) is 0. The summed E-state index contributed by atoms with van der Waals surface area (Å²) in [5.41, 5.74) is -0.00132. The molecule has 0 N–H and O–H groups in total. The number of carbonyl (C=O) groups excluding carboxylic acids is 1. The van der Waals surface area contributed by atoms with Crippen molar-refractivity contribution in [3.05, 3.63) is 0 Å². The fourth-order valence-electron chi connectivity index (χ4n) is 4.25. The van der Waals surface area contributed by atoms with E-state index in [0.29, 0.717) is 12.3 Å². The highest BCUT2D eigenvalue weighted by Gasteiger charge is 2.43. The number of hydrogen-bond donors (Lipinski definition) is 0. The van der Waals surface area contributed by atoms with E-state index >= 15 is 0 Å². The molecule has 0 aromatic heterocycles. The van der Waals surface area contributed by atoms with Gasteiger partial charge in [0, 0.05) is 30.6 Å². The third-order valence-corrected chi connectivity index (χ3v) is 5.49. The van der Waals surface area contributed by atoms with Crippen LogP contribution in [0.15, 0.2) is 0 Å². The van der Waals surface area contributed by atoms with Crippen molar-refractivity contribution < 1.29 is 4.79 Å². The van der Waals surface area contributed by atoms with Gasteiger partial charge in [0.2, 0.25) is 5.91 Å². The van der Waals surface area contributed by atoms with Gasteiger partial charge in [0.15, 0.2) is 0 Å². The molecule has 1 saturated heterocycles. The van der Waals surface area contributed by atoms with Crippen molar-refractivity contribution >= 4 is 5.91 Å². The molecular weight excluding hydrogens is 296 g/mol. The summed E-state index contributed by atoms with van der Waals surface area (Å²) >= 11 is 0. The molecule has 3 nitrogen and oxygen atoms in total. The maximum absolute atomic E-state index is 12.8. The molecule has 0 atom stereocenters. The Morgan fingerprint density at radius 2 is 1.38 bits per heavy atom. The van der Waals surface area contributed by atoms with Gasteiger partial charge in [-0.2, -0.15) is 0 Å². The lowest BCUT2D eigenvalue weighted by Gasteiger charge is -2.47. The van der Waals surface area contributed by atoms with Gasteiger partial charge in [-0.05, 0) is 47.1 Å². The minimum Gasteiger partial charge on any atom is -0.341 e. The summed E-state index contributed by atoms with van der Waals surface area (Å²) in [6, 6.07) is 0. The average Bonchev–Trinajstić information content (AvgIpc) is 2.54. The van der Waals surface area contributed by atoms with Crippen LogP contribution in [0, 0.1) is 0 Å². The fraction of sp³-hybridized carbons (Fsp3) is 0.952. The summed E-state index contributed by atoms with van der Waals surface area (Å²) in [6.45, 7) is 16.5. The van der Waals surface area contributed by atoms with Gasteiger partial charge in [-0.15, -0.1) is 0 Å². The second kappa shape index (κ2) is 9.79. The minimum absolute atomic E-state index is 0.0487. The average molecular weight is 339 g/mol. The first kappa shape index (κ1) is 21.5. The minimum atomic E-state index is -0.0500. The van der Waals surface area contributed by atoms with E-state index in [0.717, 1.165) is 26.1 Å². The molecule has 0 radical (unpaired) electrons. The monoisotopic (exact) mass is 338 g/mol. The number of unbranched alkanes of at least 4 members (excludes halogenated alkanes) is 6. The Balaban J connectivity index is 2.65. The molecule has 0 aromatic carbocycles. The Morgan fingerprint density at radius 3 is 2.00 bits per heavy atom. The molecule has 1 aliphatic heterocycles. The summed E-state index contributed by atoms with van der Waals surface area (Å²) < 4.78 is 0. The Morgan fingerprint density at radius 1 is 0.792 bits per heavy atom. The topological polar surface area (TPSA) is 23.6 Å². The molecule has 0 saturated carbocycles. The zero-order valence-electron chi connectivity index (χ0n) is 17.3. The summed E-state index contributed by atoms with van der Waals surface area (Å²) in [5.74, 6) is 0.348. The third kappa shape index (κ3) is 6.38. The first-order chi connectivity index (χ1) is 11.2. The fourth-order valence-corrected chi connectivity index (χ4v) is 4.25. The highest BCUT2D eigenvalue weighted by molar-refractivity contribution is 5.78. The van der Waals surface area contributed by atoms with E-state index in [1.165, 1.54) is 44.9 Å². The number of nitrogens with zero attached hydrogens (tertiary/aromatic N) is 2. The van der Waals surface area contributed by atoms with E-state index in [2.05, 4.69) is 51.3 Å². The largest absolute Gasteiger partial charge is 0.341 e. The molecule has 1 aliphatic rings. The Hall–Kier alpha value is -0.570. The van der Waals surface area contributed by atoms with E-state index < -0.39 is 0 Å². The maximum Gasteiger partial charge on any atom is 0.224 e. The van der Waals surface area contributed by atoms with Crippen molar-refractivity contribution in [2.45, 2.75) is 110 Å². The van der Waals surface area contributed by atoms with Gasteiger partial charge < -0.3 is 4.90 Å². The lowest BCUT2D eigenvalue weighted by Crippen LogP contribution is -2.57. The zero-order valence-corrected chi connectivity index (χ0v) is 17.3. The second-order valence-corrected chi connectivity index (χ2v) is 8.89. The van der Waals surface area contributed by atoms with Crippen LogP contribution in [0.5, 0.6) is 0 Å². The van der Waals surface area contributed by atoms with E-state index in [1.54, 1.807) is 0 Å². The van der Waals surface area contributed by atoms with Gasteiger partial charge in [0.25, 0.3) is 0 Å². The standard InChI is InChI=1S/C21H42N2O/c1-7-9-11-12-13-14-15-22-18-21(5,6)23(16-10-8-2)20(3,4)17-19(22)24/h7-18H2,1-6H3. The van der Waals surface area contributed by atoms with Gasteiger partial charge in [-0.3, -0.25) is 9.69 Å². The lowest BCUT2D eigenvalue weighted by molar-refractivity contribution is -0.131. The Bertz CT molecular complexity index is 376. The third-order valence-electron chi connectivity index (χ3n) is 5.49. The molecule has 0 spiro atoms. The number of carbonyl (C=O) groups is 1. The smallest absolute Gasteiger partial charge is 0.224 e. The maximum atomic E-state index is 12.8. The van der Waals surface area contributed by atoms with Crippen LogP contribution in [-0.4, -0.2) is 46.4 Å². The molecule has 142 valence electrons. The van der Waals surface area contributed by atoms with Crippen LogP contribution in [0.2, 0.25) is 0 Å². The molecule has 0 unspecified atom stereocenters. The molecule has 1 rings (SSSR count). The predicted molar refractivity (Wildman–Crippen MR) is 104 cm³/mol. The molecule has 0 bridgehead atoms. The Labute approximate surface area is 151 Å². The van der Waals surface area contributed by atoms with E-state index in [-0.39, 0.29) is 11.1 Å². The van der Waals surface area contributed by atoms with Crippen LogP contribution in [0.4, 0.5) is 0 Å². The van der Waals surface area contributed by atoms with Crippen LogP contribution >= 0.6 is 0 Å². The summed E-state index contributed by atoms with van der Waals surface area (Å²) in [4.78, 5) is 17.5. The lowest BCUT2D eigenvalue weighted by atomic mass is 9.91. The van der Waals surface area contributed by atoms with Crippen molar-refractivity contribution in [2.75, 3.05) is 19.6 Å². The highest BCUT2D eigenvalue weighted by Crippen LogP contribution is 2.33. The van der Waals surface area contributed by atoms with Crippen molar-refractivity contribution in [1.82, 2.24) is 9.80 Å². The SMILES string of the molecule is CCCCCCCCN1CC(C)(C)N(CCCC)C(C)(C)CC1=O. The first-order valence-electron chi connectivity index (χ1n) is 10.3. The number of hydrogen-bond acceptors (Lipinski definition) is 2. The zero-order chi connectivity index (χ0) is 18.2. The number of amides is 1. The molecule has 0 aromatic rings. The molecule has 1 amide bonds. The van der Waals surface area contributed by atoms with Gasteiger partial charge in [-0.1, -0.05) is 52.4 Å². The quantitative estimate of drug-likeness (QED) is 0.509. The highest BCUT2D eigenvalue weighted by atomic mass is 16.2. The van der Waals surface area contributed by atoms with Gasteiger partial charge in [0.05, 0.1) is 0 Å². The van der Waals surface area contributed by atoms with Crippen LogP contribution in [-0.2, 0) is 4.79 Å². The molecule has 0 aliphatic carbocycles. The molecule has 1 heterocycles. The Kier molecular flexibility index (Phi) is 8.76. The van der Waals surface area contributed by atoms with Crippen molar-refractivity contribution in [3.63, 3.8) is 0 Å². The van der Waals surface area contributed by atoms with E-state index in [1.807, 2.05) is 0 Å². The molecular formula is C21H42N2O. The van der Waals surface area contributed by atoms with Crippen molar-refractivity contribution in [1.29, 1.82) is 0 Å². The number of rotatable bonds is 10. The van der Waals surface area contributed by atoms with Crippen LogP contribution in [0.25, 0.3) is 0 Å². The first-order valence-corrected chi connectivity index (χ1v) is 10.3.